The highest BCUT2D eigenvalue weighted by molar-refractivity contribution is 7.99. The maximum absolute atomic E-state index is 11.6. The summed E-state index contributed by atoms with van der Waals surface area (Å²) in [4.78, 5) is 90.1. The van der Waals surface area contributed by atoms with Crippen molar-refractivity contribution in [3.8, 4) is 0 Å². The molecular formula is C40H80N8O12S8. The smallest absolute Gasteiger partial charge is 0.326 e. The van der Waals surface area contributed by atoms with Crippen molar-refractivity contribution in [3.63, 3.8) is 0 Å². The zero-order chi connectivity index (χ0) is 53.0. The maximum atomic E-state index is 11.6. The van der Waals surface area contributed by atoms with Gasteiger partial charge in [0, 0.05) is 0 Å². The molecule has 0 fully saturated rings. The van der Waals surface area contributed by atoms with Crippen molar-refractivity contribution < 1.29 is 58.8 Å². The van der Waals surface area contributed by atoms with Crippen LogP contribution in [0.2, 0.25) is 0 Å². The van der Waals surface area contributed by atoms with Crippen LogP contribution in [0, 0.1) is 0 Å². The number of carboxylic acids is 4. The molecular weight excluding hydrogens is 1040 g/mol. The molecule has 0 aliphatic heterocycles. The maximum Gasteiger partial charge on any atom is 0.326 e. The summed E-state index contributed by atoms with van der Waals surface area (Å²) in [5.41, 5.74) is 22.6. The predicted octanol–water partition coefficient (Wildman–Crippen LogP) is 1.56. The quantitative estimate of drug-likeness (QED) is 0.0423. The van der Waals surface area contributed by atoms with Gasteiger partial charge in [0.05, 0.1) is 24.2 Å². The molecule has 28 heteroatoms. The minimum atomic E-state index is -1.01. The molecule has 0 saturated carbocycles. The Kier molecular flexibility index (Phi) is 52.6. The molecule has 0 spiro atoms. The van der Waals surface area contributed by atoms with Gasteiger partial charge in [0.2, 0.25) is 23.6 Å². The van der Waals surface area contributed by atoms with E-state index in [-0.39, 0.29) is 23.6 Å². The number of hydrogen-bond donors (Lipinski definition) is 12. The Morgan fingerprint density at radius 2 is 0.441 bits per heavy atom. The normalized spacial score (nSPS) is 14.1. The summed E-state index contributed by atoms with van der Waals surface area (Å²) in [5.74, 6) is 0.356. The second-order valence-electron chi connectivity index (χ2n) is 14.3. The molecule has 0 heterocycles. The van der Waals surface area contributed by atoms with Gasteiger partial charge in [-0.15, -0.1) is 0 Å². The zero-order valence-electron chi connectivity index (χ0n) is 40.6. The summed E-state index contributed by atoms with van der Waals surface area (Å²) in [7, 11) is 0. The van der Waals surface area contributed by atoms with E-state index in [1.54, 1.807) is 94.1 Å². The number of carbonyl (C=O) groups excluding carboxylic acids is 4. The number of aliphatic carboxylic acids is 4. The first-order chi connectivity index (χ1) is 32.1. The second-order valence-corrected chi connectivity index (χ2v) is 22.2. The minimum Gasteiger partial charge on any atom is -0.480 e. The molecule has 0 saturated heterocycles. The molecule has 400 valence electrons. The van der Waals surface area contributed by atoms with E-state index in [0.29, 0.717) is 74.4 Å². The Morgan fingerprint density at radius 3 is 0.559 bits per heavy atom. The molecule has 4 amide bonds. The molecule has 0 radical (unpaired) electrons. The van der Waals surface area contributed by atoms with E-state index in [9.17, 15) is 38.4 Å². The average Bonchev–Trinajstić information content (AvgIpc) is 3.30. The van der Waals surface area contributed by atoms with E-state index < -0.39 is 72.2 Å². The monoisotopic (exact) mass is 1120 g/mol. The standard InChI is InChI=1S/4C10H20N2O3S2/c4*1-16-5-3-7(11)9(13)12-8(10(14)15)4-6-17-2/h4*7-8H,3-6,11H2,1-2H3,(H,12,13)(H,14,15)/t2*7-,8+;2*7-,8-/m1010/s1. The summed E-state index contributed by atoms with van der Waals surface area (Å²) >= 11 is 12.6. The van der Waals surface area contributed by atoms with Gasteiger partial charge in [0.15, 0.2) is 0 Å². The Labute approximate surface area is 437 Å². The van der Waals surface area contributed by atoms with Crippen LogP contribution >= 0.6 is 94.1 Å². The fourth-order valence-corrected chi connectivity index (χ4v) is 8.44. The summed E-state index contributed by atoms with van der Waals surface area (Å²) in [6.45, 7) is 0. The first kappa shape index (κ1) is 72.9. The van der Waals surface area contributed by atoms with Crippen LogP contribution in [0.3, 0.4) is 0 Å². The molecule has 0 aromatic rings. The van der Waals surface area contributed by atoms with E-state index in [1.165, 1.54) is 0 Å². The molecule has 16 N–H and O–H groups in total. The molecule has 0 aliphatic rings. The zero-order valence-corrected chi connectivity index (χ0v) is 47.1. The van der Waals surface area contributed by atoms with Crippen LogP contribution in [-0.4, -0.2) is 212 Å². The van der Waals surface area contributed by atoms with Crippen molar-refractivity contribution in [1.29, 1.82) is 0 Å². The Morgan fingerprint density at radius 1 is 0.309 bits per heavy atom. The first-order valence-corrected chi connectivity index (χ1v) is 32.3. The van der Waals surface area contributed by atoms with Crippen LogP contribution in [0.15, 0.2) is 0 Å². The largest absolute Gasteiger partial charge is 0.480 e. The van der Waals surface area contributed by atoms with Crippen LogP contribution in [-0.2, 0) is 38.4 Å². The summed E-state index contributed by atoms with van der Waals surface area (Å²) in [6.07, 6.45) is 19.2. The Hall–Kier alpha value is -1.60. The van der Waals surface area contributed by atoms with Crippen LogP contribution in [0.1, 0.15) is 51.4 Å². The van der Waals surface area contributed by atoms with Gasteiger partial charge in [0.25, 0.3) is 0 Å². The summed E-state index contributed by atoms with van der Waals surface area (Å²) in [5, 5.41) is 45.6. The molecule has 0 bridgehead atoms. The number of nitrogens with one attached hydrogen (secondary N) is 4. The van der Waals surface area contributed by atoms with Crippen molar-refractivity contribution >= 4 is 142 Å². The molecule has 0 rings (SSSR count). The Bertz CT molecular complexity index is 1210. The van der Waals surface area contributed by atoms with Crippen molar-refractivity contribution in [1.82, 2.24) is 21.3 Å². The van der Waals surface area contributed by atoms with Crippen molar-refractivity contribution in [2.75, 3.05) is 96.1 Å². The fraction of sp³-hybridized carbons (Fsp3) is 0.800. The van der Waals surface area contributed by atoms with Crippen molar-refractivity contribution in [2.45, 2.75) is 99.7 Å². The number of hydrogen-bond acceptors (Lipinski definition) is 20. The van der Waals surface area contributed by atoms with Crippen LogP contribution in [0.25, 0.3) is 0 Å². The number of carbonyl (C=O) groups is 8. The lowest BCUT2D eigenvalue weighted by atomic mass is 10.2. The second kappa shape index (κ2) is 49.0. The van der Waals surface area contributed by atoms with E-state index in [4.69, 9.17) is 43.4 Å². The van der Waals surface area contributed by atoms with Gasteiger partial charge in [0.1, 0.15) is 24.2 Å². The third kappa shape index (κ3) is 42.1. The number of rotatable bonds is 36. The lowest BCUT2D eigenvalue weighted by Gasteiger charge is -2.17. The highest BCUT2D eigenvalue weighted by Gasteiger charge is 2.26. The number of amides is 4. The number of nitrogens with two attached hydrogens (primary N) is 4. The SMILES string of the molecule is CSCC[C@@H](N)C(=O)N[C@@H](CCSC)C(=O)O.CSCC[C@@H](N)C(=O)N[C@H](CCSC)C(=O)O.CSCC[C@H](N)C(=O)N[C@H](CCSC)C(=O)O.CSCC[C@H](NC(=O)[C@@H](N)CCSC)C(=O)O. The average molecular weight is 1120 g/mol. The van der Waals surface area contributed by atoms with Gasteiger partial charge < -0.3 is 64.6 Å². The van der Waals surface area contributed by atoms with E-state index in [0.717, 1.165) is 23.0 Å². The van der Waals surface area contributed by atoms with Crippen LogP contribution in [0.5, 0.6) is 0 Å². The molecule has 0 unspecified atom stereocenters. The van der Waals surface area contributed by atoms with Gasteiger partial charge in [-0.1, -0.05) is 0 Å². The predicted molar refractivity (Wildman–Crippen MR) is 294 cm³/mol. The van der Waals surface area contributed by atoms with Gasteiger partial charge in [-0.05, 0) is 147 Å². The van der Waals surface area contributed by atoms with Gasteiger partial charge in [-0.3, -0.25) is 19.2 Å². The highest BCUT2D eigenvalue weighted by Crippen LogP contribution is 2.07. The molecule has 20 nitrogen and oxygen atoms in total. The molecule has 0 aliphatic carbocycles. The molecule has 0 aromatic heterocycles. The van der Waals surface area contributed by atoms with Crippen molar-refractivity contribution in [2.24, 2.45) is 22.9 Å². The Balaban J connectivity index is -0.000000402. The van der Waals surface area contributed by atoms with Crippen LogP contribution in [0.4, 0.5) is 0 Å². The van der Waals surface area contributed by atoms with E-state index in [2.05, 4.69) is 21.3 Å². The number of carboxylic acid groups (broad SMARTS) is 4. The lowest BCUT2D eigenvalue weighted by molar-refractivity contribution is -0.142. The third-order valence-corrected chi connectivity index (χ3v) is 13.9. The number of thioether (sulfide) groups is 8. The van der Waals surface area contributed by atoms with E-state index in [1.807, 2.05) is 50.0 Å². The molecule has 0 aromatic carbocycles. The van der Waals surface area contributed by atoms with Gasteiger partial charge in [-0.2, -0.15) is 94.1 Å². The topological polar surface area (TPSA) is 370 Å². The van der Waals surface area contributed by atoms with Gasteiger partial charge >= 0.3 is 23.9 Å². The van der Waals surface area contributed by atoms with E-state index >= 15 is 0 Å². The first-order valence-electron chi connectivity index (χ1n) is 21.2. The fourth-order valence-electron chi connectivity index (χ4n) is 4.59. The molecule has 8 atom stereocenters. The minimum absolute atomic E-state index is 0.382. The lowest BCUT2D eigenvalue weighted by Crippen LogP contribution is -2.48. The summed E-state index contributed by atoms with van der Waals surface area (Å²) < 4.78 is 0. The van der Waals surface area contributed by atoms with Crippen molar-refractivity contribution in [3.05, 3.63) is 0 Å². The molecule has 68 heavy (non-hydrogen) atoms. The highest BCUT2D eigenvalue weighted by atomic mass is 32.2. The van der Waals surface area contributed by atoms with Gasteiger partial charge in [-0.25, -0.2) is 19.2 Å². The third-order valence-electron chi connectivity index (χ3n) is 8.78. The summed E-state index contributed by atoms with van der Waals surface area (Å²) in [6, 6.07) is -5.86. The van der Waals surface area contributed by atoms with Crippen LogP contribution < -0.4 is 44.2 Å².